The van der Waals surface area contributed by atoms with Crippen molar-refractivity contribution in [2.24, 2.45) is 4.99 Å². The van der Waals surface area contributed by atoms with Crippen LogP contribution in [0.15, 0.2) is 94.5 Å². The maximum Gasteiger partial charge on any atom is 0.337 e. The first kappa shape index (κ1) is 29.1. The van der Waals surface area contributed by atoms with E-state index in [0.717, 1.165) is 22.0 Å². The van der Waals surface area contributed by atoms with Gasteiger partial charge in [0.2, 0.25) is 0 Å². The molecular weight excluding hydrogens is 581 g/mol. The third-order valence-electron chi connectivity index (χ3n) is 7.38. The molecule has 5 aromatic rings. The van der Waals surface area contributed by atoms with E-state index in [1.807, 2.05) is 56.5 Å². The molecule has 0 unspecified atom stereocenters. The summed E-state index contributed by atoms with van der Waals surface area (Å²) < 4.78 is 34.2. The average Bonchev–Trinajstić information content (AvgIpc) is 3.55. The largest absolute Gasteiger partial charge is 0.490 e. The summed E-state index contributed by atoms with van der Waals surface area (Å²) in [5.74, 6) is 0.231. The zero-order valence-electron chi connectivity index (χ0n) is 24.5. The van der Waals surface area contributed by atoms with Gasteiger partial charge in [0.1, 0.15) is 5.82 Å². The van der Waals surface area contributed by atoms with Gasteiger partial charge >= 0.3 is 5.97 Å². The van der Waals surface area contributed by atoms with E-state index >= 15 is 0 Å². The molecule has 0 N–H and O–H groups in total. The summed E-state index contributed by atoms with van der Waals surface area (Å²) in [5.41, 5.74) is 3.41. The average molecular weight is 612 g/mol. The SMILES string of the molecule is CCOc1ccc([C@@H]2C(C(=O)OC)=CN=c3s/c(=C\c4cn(Cc5ccc(F)cc5)c5ccccc45)c(=O)n32)cc1OCC. The quantitative estimate of drug-likeness (QED) is 0.220. The molecule has 0 fully saturated rings. The summed E-state index contributed by atoms with van der Waals surface area (Å²) in [5, 5.41) is 0.972. The van der Waals surface area contributed by atoms with Gasteiger partial charge in [-0.15, -0.1) is 0 Å². The molecule has 1 aliphatic rings. The number of aromatic nitrogens is 2. The smallest absolute Gasteiger partial charge is 0.337 e. The van der Waals surface area contributed by atoms with Crippen molar-refractivity contribution in [2.75, 3.05) is 20.3 Å². The van der Waals surface area contributed by atoms with Crippen LogP contribution in [0.5, 0.6) is 11.5 Å². The normalized spacial score (nSPS) is 14.6. The molecule has 1 atom stereocenters. The van der Waals surface area contributed by atoms with Gasteiger partial charge in [0, 0.05) is 35.4 Å². The fourth-order valence-corrected chi connectivity index (χ4v) is 6.40. The summed E-state index contributed by atoms with van der Waals surface area (Å²) in [7, 11) is 1.30. The van der Waals surface area contributed by atoms with Gasteiger partial charge in [0.05, 0.1) is 36.5 Å². The lowest BCUT2D eigenvalue weighted by molar-refractivity contribution is -0.136. The van der Waals surface area contributed by atoms with Crippen LogP contribution in [0, 0.1) is 5.82 Å². The number of carbonyl (C=O) groups excluding carboxylic acids is 1. The fraction of sp³-hybridized carbons (Fsp3) is 0.206. The van der Waals surface area contributed by atoms with Crippen molar-refractivity contribution in [2.45, 2.75) is 26.4 Å². The van der Waals surface area contributed by atoms with Gasteiger partial charge in [0.25, 0.3) is 5.56 Å². The Morgan fingerprint density at radius 2 is 1.77 bits per heavy atom. The van der Waals surface area contributed by atoms with Crippen molar-refractivity contribution in [3.05, 3.63) is 127 Å². The minimum atomic E-state index is -0.782. The Morgan fingerprint density at radius 1 is 1.02 bits per heavy atom. The van der Waals surface area contributed by atoms with Crippen LogP contribution in [0.2, 0.25) is 0 Å². The summed E-state index contributed by atoms with van der Waals surface area (Å²) in [6, 6.07) is 19.0. The number of nitrogens with zero attached hydrogens (tertiary/aromatic N) is 3. The van der Waals surface area contributed by atoms with E-state index in [1.165, 1.54) is 41.3 Å². The molecule has 10 heteroatoms. The first-order valence-corrected chi connectivity index (χ1v) is 15.0. The van der Waals surface area contributed by atoms with Crippen LogP contribution in [-0.4, -0.2) is 35.4 Å². The third kappa shape index (κ3) is 5.44. The van der Waals surface area contributed by atoms with Crippen molar-refractivity contribution in [1.29, 1.82) is 0 Å². The zero-order chi connectivity index (χ0) is 30.8. The van der Waals surface area contributed by atoms with Crippen molar-refractivity contribution < 1.29 is 23.4 Å². The number of thiazole rings is 1. The molecule has 0 amide bonds. The molecule has 0 saturated heterocycles. The van der Waals surface area contributed by atoms with Gasteiger partial charge in [-0.3, -0.25) is 9.36 Å². The van der Waals surface area contributed by atoms with Gasteiger partial charge in [-0.2, -0.15) is 0 Å². The van der Waals surface area contributed by atoms with Crippen molar-refractivity contribution in [3.8, 4) is 11.5 Å². The molecule has 0 saturated carbocycles. The Morgan fingerprint density at radius 3 is 2.52 bits per heavy atom. The lowest BCUT2D eigenvalue weighted by Crippen LogP contribution is -2.39. The van der Waals surface area contributed by atoms with Crippen LogP contribution in [-0.2, 0) is 16.1 Å². The number of ether oxygens (including phenoxy) is 3. The van der Waals surface area contributed by atoms with E-state index < -0.39 is 12.0 Å². The van der Waals surface area contributed by atoms with Crippen LogP contribution < -0.4 is 24.4 Å². The molecule has 0 aliphatic carbocycles. The molecule has 0 spiro atoms. The van der Waals surface area contributed by atoms with E-state index in [9.17, 15) is 14.0 Å². The van der Waals surface area contributed by atoms with Crippen LogP contribution in [0.1, 0.15) is 36.6 Å². The highest BCUT2D eigenvalue weighted by Crippen LogP contribution is 2.35. The molecule has 6 rings (SSSR count). The molecule has 2 aromatic heterocycles. The van der Waals surface area contributed by atoms with Gasteiger partial charge in [0.15, 0.2) is 16.3 Å². The lowest BCUT2D eigenvalue weighted by Gasteiger charge is -2.23. The molecule has 0 bridgehead atoms. The van der Waals surface area contributed by atoms with E-state index in [1.54, 1.807) is 24.3 Å². The monoisotopic (exact) mass is 611 g/mol. The number of halogens is 1. The van der Waals surface area contributed by atoms with Crippen LogP contribution in [0.4, 0.5) is 4.39 Å². The molecule has 44 heavy (non-hydrogen) atoms. The Bertz CT molecular complexity index is 2070. The maximum atomic E-state index is 14.1. The Labute approximate surface area is 256 Å². The minimum Gasteiger partial charge on any atom is -0.490 e. The highest BCUT2D eigenvalue weighted by Gasteiger charge is 2.31. The van der Waals surface area contributed by atoms with Crippen molar-refractivity contribution in [3.63, 3.8) is 0 Å². The topological polar surface area (TPSA) is 84.0 Å². The summed E-state index contributed by atoms with van der Waals surface area (Å²) in [6.07, 6.45) is 5.32. The third-order valence-corrected chi connectivity index (χ3v) is 8.38. The number of benzene rings is 3. The zero-order valence-corrected chi connectivity index (χ0v) is 25.3. The second-order valence-electron chi connectivity index (χ2n) is 10.1. The number of para-hydroxylation sites is 1. The summed E-state index contributed by atoms with van der Waals surface area (Å²) in [6.45, 7) is 5.18. The van der Waals surface area contributed by atoms with Crippen LogP contribution >= 0.6 is 11.3 Å². The fourth-order valence-electron chi connectivity index (χ4n) is 5.44. The Kier molecular flexibility index (Phi) is 8.17. The minimum absolute atomic E-state index is 0.231. The predicted octanol–water partition coefficient (Wildman–Crippen LogP) is 4.96. The lowest BCUT2D eigenvalue weighted by atomic mass is 9.97. The standard InChI is InChI=1S/C34H30FN3O5S/c1-4-42-28-15-12-22(16-29(28)43-5-2)31-26(33(40)41-3)18-36-34-38(31)32(39)30(44-34)17-23-20-37(27-9-7-6-8-25(23)27)19-21-10-13-24(35)14-11-21/h6-18,20,31H,4-5,19H2,1-3H3/b30-17-/t31-/m1/s1. The van der Waals surface area contributed by atoms with Crippen molar-refractivity contribution in [1.82, 2.24) is 9.13 Å². The van der Waals surface area contributed by atoms with Crippen molar-refractivity contribution >= 4 is 34.3 Å². The highest BCUT2D eigenvalue weighted by atomic mass is 32.1. The number of methoxy groups -OCH3 is 1. The molecular formula is C34H30FN3O5S. The molecule has 1 aliphatic heterocycles. The molecule has 0 radical (unpaired) electrons. The number of hydrogen-bond acceptors (Lipinski definition) is 7. The van der Waals surface area contributed by atoms with Gasteiger partial charge < -0.3 is 18.8 Å². The van der Waals surface area contributed by atoms with Crippen LogP contribution in [0.25, 0.3) is 17.0 Å². The highest BCUT2D eigenvalue weighted by molar-refractivity contribution is 7.07. The first-order valence-electron chi connectivity index (χ1n) is 14.2. The Hall–Kier alpha value is -4.96. The first-order chi connectivity index (χ1) is 21.4. The van der Waals surface area contributed by atoms with Gasteiger partial charge in [-0.05, 0) is 61.4 Å². The molecule has 8 nitrogen and oxygen atoms in total. The second-order valence-corrected chi connectivity index (χ2v) is 11.1. The number of carbonyl (C=O) groups is 1. The van der Waals surface area contributed by atoms with E-state index in [4.69, 9.17) is 14.2 Å². The number of fused-ring (bicyclic) bond motifs is 2. The van der Waals surface area contributed by atoms with Crippen LogP contribution in [0.3, 0.4) is 0 Å². The second kappa shape index (κ2) is 12.3. The Balaban J connectivity index is 1.48. The van der Waals surface area contributed by atoms with E-state index in [0.29, 0.717) is 46.2 Å². The number of rotatable bonds is 9. The molecule has 3 heterocycles. The van der Waals surface area contributed by atoms with Gasteiger partial charge in [-0.25, -0.2) is 14.2 Å². The predicted molar refractivity (Wildman–Crippen MR) is 167 cm³/mol. The number of hydrogen-bond donors (Lipinski definition) is 0. The van der Waals surface area contributed by atoms with E-state index in [2.05, 4.69) is 9.56 Å². The molecule has 3 aromatic carbocycles. The van der Waals surface area contributed by atoms with E-state index in [-0.39, 0.29) is 16.9 Å². The molecule has 224 valence electrons. The summed E-state index contributed by atoms with van der Waals surface area (Å²) >= 11 is 1.25. The maximum absolute atomic E-state index is 14.1. The summed E-state index contributed by atoms with van der Waals surface area (Å²) in [4.78, 5) is 32.0. The van der Waals surface area contributed by atoms with Gasteiger partial charge in [-0.1, -0.05) is 47.7 Å². The number of esters is 1.